The van der Waals surface area contributed by atoms with Gasteiger partial charge in [-0.3, -0.25) is 4.79 Å². The Morgan fingerprint density at radius 1 is 1.30 bits per heavy atom. The van der Waals surface area contributed by atoms with Gasteiger partial charge in [0.2, 0.25) is 0 Å². The molecule has 20 heavy (non-hydrogen) atoms. The standard InChI is InChI=1S/C15H27NO4/c1-5-6-11-7-12(11)8-15(19)20-13(9-14(17)18)10-16(2,3)4/h11-13H,5-10H2,1-4H3. The summed E-state index contributed by atoms with van der Waals surface area (Å²) < 4.78 is 5.89. The van der Waals surface area contributed by atoms with E-state index < -0.39 is 12.1 Å². The summed E-state index contributed by atoms with van der Waals surface area (Å²) in [5.41, 5.74) is 0. The Kier molecular flexibility index (Phi) is 5.99. The third-order valence-electron chi connectivity index (χ3n) is 3.60. The number of carboxylic acids is 1. The van der Waals surface area contributed by atoms with Gasteiger partial charge in [-0.2, -0.15) is 0 Å². The highest BCUT2D eigenvalue weighted by Crippen LogP contribution is 2.44. The number of esters is 1. The molecule has 0 radical (unpaired) electrons. The van der Waals surface area contributed by atoms with E-state index >= 15 is 0 Å². The van der Waals surface area contributed by atoms with E-state index in [1.807, 2.05) is 21.1 Å². The molecule has 1 fully saturated rings. The number of rotatable bonds is 9. The Morgan fingerprint density at radius 3 is 2.45 bits per heavy atom. The first kappa shape index (κ1) is 17.0. The number of aliphatic carboxylic acids is 1. The van der Waals surface area contributed by atoms with E-state index in [9.17, 15) is 14.7 Å². The lowest BCUT2D eigenvalue weighted by Crippen LogP contribution is -2.45. The topological polar surface area (TPSA) is 66.4 Å². The van der Waals surface area contributed by atoms with Crippen LogP contribution in [-0.2, 0) is 14.3 Å². The van der Waals surface area contributed by atoms with Gasteiger partial charge in [-0.25, -0.2) is 0 Å². The summed E-state index contributed by atoms with van der Waals surface area (Å²) in [5.74, 6) is -0.347. The van der Waals surface area contributed by atoms with E-state index in [0.717, 1.165) is 12.8 Å². The van der Waals surface area contributed by atoms with Gasteiger partial charge < -0.3 is 19.1 Å². The lowest BCUT2D eigenvalue weighted by Gasteiger charge is -2.29. The fourth-order valence-electron chi connectivity index (χ4n) is 2.67. The predicted octanol–water partition coefficient (Wildman–Crippen LogP) is 0.571. The maximum Gasteiger partial charge on any atom is 0.306 e. The number of quaternary nitrogens is 1. The van der Waals surface area contributed by atoms with Crippen molar-refractivity contribution >= 4 is 11.9 Å². The second-order valence-corrected chi connectivity index (χ2v) is 6.91. The van der Waals surface area contributed by atoms with Crippen molar-refractivity contribution in [1.29, 1.82) is 0 Å². The zero-order valence-electron chi connectivity index (χ0n) is 13.1. The molecule has 1 aliphatic carbocycles. The van der Waals surface area contributed by atoms with Crippen molar-refractivity contribution in [2.24, 2.45) is 11.8 Å². The van der Waals surface area contributed by atoms with Crippen LogP contribution in [0.3, 0.4) is 0 Å². The van der Waals surface area contributed by atoms with Crippen LogP contribution in [0.1, 0.15) is 39.0 Å². The van der Waals surface area contributed by atoms with Crippen LogP contribution in [0.25, 0.3) is 0 Å². The molecule has 5 nitrogen and oxygen atoms in total. The van der Waals surface area contributed by atoms with Crippen molar-refractivity contribution in [1.82, 2.24) is 0 Å². The van der Waals surface area contributed by atoms with Crippen molar-refractivity contribution in [3.05, 3.63) is 0 Å². The molecule has 1 saturated carbocycles. The molecule has 5 heteroatoms. The van der Waals surface area contributed by atoms with Crippen LogP contribution in [0, 0.1) is 11.8 Å². The summed E-state index contributed by atoms with van der Waals surface area (Å²) in [6, 6.07) is 0. The number of ether oxygens (including phenoxy) is 1. The zero-order chi connectivity index (χ0) is 15.3. The van der Waals surface area contributed by atoms with E-state index in [4.69, 9.17) is 4.74 Å². The lowest BCUT2D eigenvalue weighted by molar-refractivity contribution is -0.873. The van der Waals surface area contributed by atoms with Crippen LogP contribution in [0.15, 0.2) is 0 Å². The van der Waals surface area contributed by atoms with Gasteiger partial charge in [0, 0.05) is 18.8 Å². The van der Waals surface area contributed by atoms with E-state index in [1.54, 1.807) is 0 Å². The van der Waals surface area contributed by atoms with Crippen molar-refractivity contribution in [3.8, 4) is 0 Å². The molecule has 0 heterocycles. The highest BCUT2D eigenvalue weighted by Gasteiger charge is 2.38. The SMILES string of the molecule is CCCC1CC1CC(=O)OC(CC(=O)[O-])C[N+](C)(C)C. The largest absolute Gasteiger partial charge is 0.550 e. The Balaban J connectivity index is 2.40. The summed E-state index contributed by atoms with van der Waals surface area (Å²) in [7, 11) is 5.82. The van der Waals surface area contributed by atoms with E-state index in [1.165, 1.54) is 6.42 Å². The molecule has 1 aliphatic rings. The first-order valence-corrected chi connectivity index (χ1v) is 7.41. The van der Waals surface area contributed by atoms with Crippen molar-refractivity contribution in [3.63, 3.8) is 0 Å². The van der Waals surface area contributed by atoms with Crippen LogP contribution < -0.4 is 5.11 Å². The summed E-state index contributed by atoms with van der Waals surface area (Å²) in [6.07, 6.45) is 3.00. The minimum absolute atomic E-state index is 0.232. The van der Waals surface area contributed by atoms with Crippen molar-refractivity contribution in [2.45, 2.75) is 45.1 Å². The zero-order valence-corrected chi connectivity index (χ0v) is 13.1. The van der Waals surface area contributed by atoms with Gasteiger partial charge in [-0.1, -0.05) is 19.8 Å². The van der Waals surface area contributed by atoms with Crippen molar-refractivity contribution < 1.29 is 23.9 Å². The second-order valence-electron chi connectivity index (χ2n) is 6.91. The molecule has 0 amide bonds. The average molecular weight is 285 g/mol. The third-order valence-corrected chi connectivity index (χ3v) is 3.60. The quantitative estimate of drug-likeness (QED) is 0.459. The van der Waals surface area contributed by atoms with Gasteiger partial charge in [0.25, 0.3) is 0 Å². The first-order chi connectivity index (χ1) is 9.21. The molecule has 0 aliphatic heterocycles. The minimum Gasteiger partial charge on any atom is -0.550 e. The van der Waals surface area contributed by atoms with Gasteiger partial charge in [-0.05, 0) is 18.3 Å². The maximum absolute atomic E-state index is 11.9. The van der Waals surface area contributed by atoms with Crippen molar-refractivity contribution in [2.75, 3.05) is 27.7 Å². The van der Waals surface area contributed by atoms with Gasteiger partial charge in [0.15, 0.2) is 6.10 Å². The van der Waals surface area contributed by atoms with Crippen LogP contribution in [0.5, 0.6) is 0 Å². The van der Waals surface area contributed by atoms with Gasteiger partial charge in [-0.15, -0.1) is 0 Å². The maximum atomic E-state index is 11.9. The summed E-state index contributed by atoms with van der Waals surface area (Å²) in [6.45, 7) is 2.62. The summed E-state index contributed by atoms with van der Waals surface area (Å²) in [4.78, 5) is 22.6. The highest BCUT2D eigenvalue weighted by molar-refractivity contribution is 5.71. The Labute approximate surface area is 121 Å². The van der Waals surface area contributed by atoms with Crippen LogP contribution >= 0.6 is 0 Å². The molecule has 3 unspecified atom stereocenters. The normalized spacial score (nSPS) is 23.2. The molecule has 0 aromatic carbocycles. The fourth-order valence-corrected chi connectivity index (χ4v) is 2.67. The smallest absolute Gasteiger partial charge is 0.306 e. The lowest BCUT2D eigenvalue weighted by atomic mass is 10.1. The predicted molar refractivity (Wildman–Crippen MR) is 73.5 cm³/mol. The first-order valence-electron chi connectivity index (χ1n) is 7.41. The van der Waals surface area contributed by atoms with E-state index in [0.29, 0.717) is 29.3 Å². The second kappa shape index (κ2) is 7.07. The summed E-state index contributed by atoms with van der Waals surface area (Å²) in [5, 5.41) is 10.7. The number of nitrogens with zero attached hydrogens (tertiary/aromatic N) is 1. The molecule has 116 valence electrons. The third kappa shape index (κ3) is 6.89. The molecule has 0 aromatic rings. The van der Waals surface area contributed by atoms with Crippen LogP contribution in [0.2, 0.25) is 0 Å². The van der Waals surface area contributed by atoms with E-state index in [-0.39, 0.29) is 12.4 Å². The van der Waals surface area contributed by atoms with Crippen LogP contribution in [-0.4, -0.2) is 50.2 Å². The molecule has 3 atom stereocenters. The number of likely N-dealkylation sites (N-methyl/N-ethyl adjacent to an activating group) is 1. The van der Waals surface area contributed by atoms with Gasteiger partial charge in [0.05, 0.1) is 21.1 Å². The Bertz CT molecular complexity index is 348. The highest BCUT2D eigenvalue weighted by atomic mass is 16.5. The number of carbonyl (C=O) groups excluding carboxylic acids is 2. The molecule has 0 N–H and O–H groups in total. The minimum atomic E-state index is -1.17. The number of carbonyl (C=O) groups is 2. The molecule has 0 saturated heterocycles. The van der Waals surface area contributed by atoms with Gasteiger partial charge in [0.1, 0.15) is 6.54 Å². The summed E-state index contributed by atoms with van der Waals surface area (Å²) >= 11 is 0. The Morgan fingerprint density at radius 2 is 1.95 bits per heavy atom. The fraction of sp³-hybridized carbons (Fsp3) is 0.867. The van der Waals surface area contributed by atoms with Gasteiger partial charge >= 0.3 is 5.97 Å². The average Bonchev–Trinajstić information content (AvgIpc) is 2.92. The number of hydrogen-bond acceptors (Lipinski definition) is 4. The molecular formula is C15H27NO4. The molecule has 1 rings (SSSR count). The van der Waals surface area contributed by atoms with E-state index in [2.05, 4.69) is 6.92 Å². The monoisotopic (exact) mass is 285 g/mol. The van der Waals surface area contributed by atoms with Crippen LogP contribution in [0.4, 0.5) is 0 Å². The Hall–Kier alpha value is -1.10. The number of hydrogen-bond donors (Lipinski definition) is 0. The molecule has 0 spiro atoms. The molecular weight excluding hydrogens is 258 g/mol. The molecule has 0 bridgehead atoms. The molecule has 0 aromatic heterocycles. The number of carboxylic acid groups (broad SMARTS) is 1.